The van der Waals surface area contributed by atoms with Crippen molar-refractivity contribution in [3.63, 3.8) is 0 Å². The van der Waals surface area contributed by atoms with Gasteiger partial charge >= 0.3 is 0 Å². The number of nitrogens with zero attached hydrogens (tertiary/aromatic N) is 7. The zero-order valence-electron chi connectivity index (χ0n) is 50.6. The molecule has 12 aromatic rings. The van der Waals surface area contributed by atoms with Gasteiger partial charge in [-0.1, -0.05) is 92.0 Å². The number of carbonyl (C=O) groups excluding carboxylic acids is 6. The van der Waals surface area contributed by atoms with Crippen LogP contribution < -0.4 is 37.3 Å². The number of aryl methyl sites for hydroxylation is 1. The molecule has 1 saturated heterocycles. The second-order valence-corrected chi connectivity index (χ2v) is 22.0. The number of benzene rings is 6. The van der Waals surface area contributed by atoms with Gasteiger partial charge in [-0.25, -0.2) is 28.5 Å². The van der Waals surface area contributed by atoms with Crippen molar-refractivity contribution in [1.29, 1.82) is 0 Å². The summed E-state index contributed by atoms with van der Waals surface area (Å²) in [6.07, 6.45) is 10.3. The van der Waals surface area contributed by atoms with Crippen molar-refractivity contribution in [2.24, 2.45) is 17.2 Å². The number of halogens is 1. The second-order valence-electron chi connectivity index (χ2n) is 21.5. The van der Waals surface area contributed by atoms with Gasteiger partial charge in [0.2, 0.25) is 17.7 Å². The number of nitrogens with one attached hydrogen (secondary N) is 5. The number of piperidine rings is 1. The number of carbonyl (C=O) groups is 6. The summed E-state index contributed by atoms with van der Waals surface area (Å²) >= 11 is 5.99. The van der Waals surface area contributed by atoms with Gasteiger partial charge in [0.25, 0.3) is 17.7 Å². The van der Waals surface area contributed by atoms with Crippen LogP contribution in [0.15, 0.2) is 208 Å². The third-order valence-electron chi connectivity index (χ3n) is 15.6. The minimum absolute atomic E-state index is 0.0465. The molecule has 0 unspecified atom stereocenters. The van der Waals surface area contributed by atoms with Crippen molar-refractivity contribution >= 4 is 69.7 Å². The van der Waals surface area contributed by atoms with Crippen molar-refractivity contribution in [3.05, 3.63) is 247 Å². The van der Waals surface area contributed by atoms with Crippen molar-refractivity contribution in [3.8, 4) is 68.0 Å². The number of ether oxygens (including phenoxy) is 2. The van der Waals surface area contributed by atoms with Crippen molar-refractivity contribution in [2.75, 3.05) is 18.4 Å². The van der Waals surface area contributed by atoms with Gasteiger partial charge in [-0.15, -0.1) is 0 Å². The highest BCUT2D eigenvalue weighted by atomic mass is 35.5. The van der Waals surface area contributed by atoms with E-state index in [1.54, 1.807) is 62.9 Å². The predicted octanol–water partition coefficient (Wildman–Crippen LogP) is 11.3. The first-order valence-electron chi connectivity index (χ1n) is 29.5. The topological polar surface area (TPSA) is 326 Å². The fourth-order valence-corrected chi connectivity index (χ4v) is 11.2. The molecule has 24 heteroatoms. The van der Waals surface area contributed by atoms with Gasteiger partial charge in [-0.2, -0.15) is 0 Å². The van der Waals surface area contributed by atoms with Gasteiger partial charge in [0.1, 0.15) is 39.7 Å². The number of H-pyrrole nitrogens is 3. The second kappa shape index (κ2) is 27.7. The van der Waals surface area contributed by atoms with Crippen LogP contribution in [0.3, 0.4) is 0 Å². The molecule has 0 bridgehead atoms. The van der Waals surface area contributed by atoms with Crippen LogP contribution in [0.4, 0.5) is 5.69 Å². The summed E-state index contributed by atoms with van der Waals surface area (Å²) in [6, 6.07) is 46.3. The van der Waals surface area contributed by atoms with Crippen molar-refractivity contribution < 1.29 is 38.2 Å². The maximum atomic E-state index is 12.4. The van der Waals surface area contributed by atoms with Gasteiger partial charge < -0.3 is 42.2 Å². The molecule has 1 fully saturated rings. The van der Waals surface area contributed by atoms with E-state index in [4.69, 9.17) is 38.3 Å². The molecule has 6 aromatic heterocycles. The third-order valence-corrected chi connectivity index (χ3v) is 15.8. The summed E-state index contributed by atoms with van der Waals surface area (Å²) in [4.78, 5) is 87.1. The Morgan fingerprint density at radius 3 is 1.52 bits per heavy atom. The van der Waals surface area contributed by atoms with E-state index >= 15 is 0 Å². The molecule has 94 heavy (non-hydrogen) atoms. The molecule has 0 radical (unpaired) electrons. The van der Waals surface area contributed by atoms with E-state index in [1.807, 2.05) is 133 Å². The maximum Gasteiger partial charge on any atom is 0.254 e. The summed E-state index contributed by atoms with van der Waals surface area (Å²) in [7, 11) is 0. The predicted molar refractivity (Wildman–Crippen MR) is 358 cm³/mol. The Morgan fingerprint density at radius 1 is 0.553 bits per heavy atom. The zero-order chi connectivity index (χ0) is 66.2. The number of primary amides is 3. The Bertz CT molecular complexity index is 4840. The van der Waals surface area contributed by atoms with Gasteiger partial charge in [0, 0.05) is 46.3 Å². The minimum atomic E-state index is -0.604. The summed E-state index contributed by atoms with van der Waals surface area (Å²) < 4.78 is 16.8. The molecule has 6 amide bonds. The highest BCUT2D eigenvalue weighted by Crippen LogP contribution is 2.37. The molecule has 1 aliphatic heterocycles. The molecule has 0 aliphatic carbocycles. The molecule has 0 atom stereocenters. The third kappa shape index (κ3) is 13.4. The lowest BCUT2D eigenvalue weighted by atomic mass is 9.94. The smallest absolute Gasteiger partial charge is 0.254 e. The lowest BCUT2D eigenvalue weighted by molar-refractivity contribution is -0.127. The molecule has 472 valence electrons. The quantitative estimate of drug-likeness (QED) is 0.0373. The highest BCUT2D eigenvalue weighted by molar-refractivity contribution is 6.30. The Balaban J connectivity index is 0.000000144. The van der Waals surface area contributed by atoms with Crippen LogP contribution in [-0.2, 0) is 20.9 Å². The van der Waals surface area contributed by atoms with Crippen molar-refractivity contribution in [2.45, 2.75) is 32.2 Å². The number of hydrogen-bond donors (Lipinski definition) is 8. The zero-order valence-corrected chi connectivity index (χ0v) is 51.4. The lowest BCUT2D eigenvalue weighted by Gasteiger charge is -2.30. The molecular weight excluding hydrogens is 1210 g/mol. The first-order chi connectivity index (χ1) is 45.5. The van der Waals surface area contributed by atoms with Crippen molar-refractivity contribution in [1.82, 2.24) is 54.0 Å². The molecule has 11 N–H and O–H groups in total. The largest absolute Gasteiger partial charge is 0.457 e. The number of rotatable bonds is 18. The molecule has 1 aliphatic rings. The first kappa shape index (κ1) is 63.1. The molecule has 7 heterocycles. The summed E-state index contributed by atoms with van der Waals surface area (Å²) in [5.74, 6) is 0.602. The number of nitrogens with two attached hydrogens (primary N) is 3. The number of aromatic nitrogens is 9. The fourth-order valence-electron chi connectivity index (χ4n) is 11.1. The van der Waals surface area contributed by atoms with E-state index in [0.29, 0.717) is 86.3 Å². The number of para-hydroxylation sites is 2. The Morgan fingerprint density at radius 2 is 1.01 bits per heavy atom. The molecular formula is C70H62ClN15O8. The van der Waals surface area contributed by atoms with Gasteiger partial charge in [-0.05, 0) is 135 Å². The summed E-state index contributed by atoms with van der Waals surface area (Å²) in [6.45, 7) is 13.9. The van der Waals surface area contributed by atoms with Crippen LogP contribution in [0.25, 0.3) is 62.0 Å². The SMILES string of the molecule is C=CC(=O)N1CCC(c2cnc3c(C(N)=O)c(-c4ccc(Oc5ccccc5)cc4)[nH]n23)CC1.C=CC(=O)NCc1cnc2c(C(N)=O)c(-c3ccc(Oc4ccccc4)cc3)[nH]n12.C=CC(=O)Nc1cccc(C)c1-c1cnc2c(C(N)=O)c(-c3ccc(Cl)cc3)[nH]n12. The molecule has 23 nitrogen and oxygen atoms in total. The lowest BCUT2D eigenvalue weighted by Crippen LogP contribution is -2.37. The van der Waals surface area contributed by atoms with E-state index in [2.05, 4.69) is 60.6 Å². The molecule has 0 saturated carbocycles. The minimum Gasteiger partial charge on any atom is -0.457 e. The monoisotopic (exact) mass is 1280 g/mol. The van der Waals surface area contributed by atoms with E-state index in [1.165, 1.54) is 18.2 Å². The summed E-state index contributed by atoms with van der Waals surface area (Å²) in [5.41, 5.74) is 27.8. The molecule has 6 aromatic carbocycles. The number of fused-ring (bicyclic) bond motifs is 3. The summed E-state index contributed by atoms with van der Waals surface area (Å²) in [5, 5.41) is 15.8. The van der Waals surface area contributed by atoms with Crippen LogP contribution >= 0.6 is 11.6 Å². The van der Waals surface area contributed by atoms with Gasteiger partial charge in [0.05, 0.1) is 65.0 Å². The van der Waals surface area contributed by atoms with E-state index in [-0.39, 0.29) is 41.3 Å². The van der Waals surface area contributed by atoms with E-state index in [9.17, 15) is 28.8 Å². The first-order valence-corrected chi connectivity index (χ1v) is 29.8. The van der Waals surface area contributed by atoms with Gasteiger partial charge in [0.15, 0.2) is 16.9 Å². The number of hydrogen-bond acceptors (Lipinski definition) is 11. The Hall–Kier alpha value is -12.5. The fraction of sp³-hybridized carbons (Fsp3) is 0.100. The highest BCUT2D eigenvalue weighted by Gasteiger charge is 2.29. The number of anilines is 1. The van der Waals surface area contributed by atoms with E-state index in [0.717, 1.165) is 57.9 Å². The van der Waals surface area contributed by atoms with Crippen LogP contribution in [-0.4, -0.2) is 97.2 Å². The maximum absolute atomic E-state index is 12.4. The average Bonchev–Trinajstić information content (AvgIpc) is 1.61. The van der Waals surface area contributed by atoms with Crippen LogP contribution in [0.1, 0.15) is 66.8 Å². The Kier molecular flexibility index (Phi) is 18.6. The molecule has 0 spiro atoms. The van der Waals surface area contributed by atoms with Crippen LogP contribution in [0.2, 0.25) is 5.02 Å². The number of amides is 6. The van der Waals surface area contributed by atoms with E-state index < -0.39 is 17.7 Å². The van der Waals surface area contributed by atoms with Gasteiger partial charge in [-0.3, -0.25) is 44.1 Å². The average molecular weight is 1280 g/mol. The molecule has 13 rings (SSSR count). The normalized spacial score (nSPS) is 12.0. The standard InChI is InChI=1S/C26H25N5O3.C22H18ClN5O2.C22H19N5O3/c1-2-22(32)30-14-12-17(13-15-30)21-16-28-26-23(25(27)33)24(29-31(21)26)18-8-10-20(11-9-18)34-19-6-4-3-5-7-19;1-3-17(29)26-15-6-4-5-12(2)18(15)16-11-25-22-19(21(24)30)20(27-28(16)22)13-7-9-14(23)10-8-13;1-2-18(28)24-12-15-13-25-22-19(21(23)29)20(26-27(15)22)14-8-10-17(11-9-14)30-16-6-4-3-5-7-16/h2-11,16-17,29H,1,12-15H2,(H2,27,33);3-11,27H,1H2,2H3,(H2,24,30)(H,26,29);2-11,13,26H,1,12H2,(H2,23,29)(H,24,28). The number of aromatic amines is 3. The van der Waals surface area contributed by atoms with Crippen LogP contribution in [0, 0.1) is 6.92 Å². The number of likely N-dealkylation sites (tertiary alicyclic amines) is 1. The van der Waals surface area contributed by atoms with Crippen LogP contribution in [0.5, 0.6) is 23.0 Å². The Labute approximate surface area is 542 Å². The number of imidazole rings is 3.